The molecule has 20 heavy (non-hydrogen) atoms. The van der Waals surface area contributed by atoms with Gasteiger partial charge in [0, 0.05) is 31.6 Å². The van der Waals surface area contributed by atoms with Crippen molar-refractivity contribution in [3.63, 3.8) is 0 Å². The Bertz CT molecular complexity index is 388. The first-order chi connectivity index (χ1) is 9.60. The zero-order chi connectivity index (χ0) is 15.0. The van der Waals surface area contributed by atoms with Gasteiger partial charge in [-0.05, 0) is 20.0 Å². The van der Waals surface area contributed by atoms with Crippen molar-refractivity contribution in [3.05, 3.63) is 11.9 Å². The van der Waals surface area contributed by atoms with E-state index in [1.165, 1.54) is 0 Å². The molecule has 0 spiro atoms. The minimum atomic E-state index is 0.330. The van der Waals surface area contributed by atoms with E-state index in [4.69, 9.17) is 0 Å². The van der Waals surface area contributed by atoms with Crippen molar-refractivity contribution >= 4 is 11.6 Å². The van der Waals surface area contributed by atoms with Crippen molar-refractivity contribution in [1.29, 1.82) is 0 Å². The Morgan fingerprint density at radius 3 is 2.15 bits per heavy atom. The summed E-state index contributed by atoms with van der Waals surface area (Å²) in [5.41, 5.74) is 0. The van der Waals surface area contributed by atoms with Crippen molar-refractivity contribution in [2.24, 2.45) is 0 Å². The molecule has 0 saturated heterocycles. The van der Waals surface area contributed by atoms with E-state index in [0.717, 1.165) is 50.2 Å². The summed E-state index contributed by atoms with van der Waals surface area (Å²) >= 11 is 0. The van der Waals surface area contributed by atoms with Gasteiger partial charge in [-0.25, -0.2) is 9.97 Å². The second-order valence-corrected chi connectivity index (χ2v) is 5.14. The van der Waals surface area contributed by atoms with Crippen LogP contribution in [0, 0.1) is 0 Å². The van der Waals surface area contributed by atoms with Crippen LogP contribution in [0.25, 0.3) is 0 Å². The van der Waals surface area contributed by atoms with Gasteiger partial charge in [-0.15, -0.1) is 0 Å². The zero-order valence-electron chi connectivity index (χ0n) is 13.5. The molecule has 0 aliphatic heterocycles. The number of anilines is 2. The molecule has 2 N–H and O–H groups in total. The summed E-state index contributed by atoms with van der Waals surface area (Å²) in [4.78, 5) is 11.5. The lowest BCUT2D eigenvalue weighted by Gasteiger charge is -2.18. The Kier molecular flexibility index (Phi) is 7.30. The molecule has 0 atom stereocenters. The van der Waals surface area contributed by atoms with Gasteiger partial charge in [-0.2, -0.15) is 0 Å². The van der Waals surface area contributed by atoms with Crippen LogP contribution in [0.2, 0.25) is 0 Å². The SMILES string of the molecule is CCNc1cc(NCCN(CC)CC)nc(C(C)C)n1. The smallest absolute Gasteiger partial charge is 0.135 e. The maximum Gasteiger partial charge on any atom is 0.135 e. The summed E-state index contributed by atoms with van der Waals surface area (Å²) in [6.45, 7) is 15.7. The lowest BCUT2D eigenvalue weighted by molar-refractivity contribution is 0.316. The van der Waals surface area contributed by atoms with Gasteiger partial charge >= 0.3 is 0 Å². The van der Waals surface area contributed by atoms with Crippen LogP contribution in [0.5, 0.6) is 0 Å². The second kappa shape index (κ2) is 8.74. The van der Waals surface area contributed by atoms with Crippen molar-refractivity contribution < 1.29 is 0 Å². The van der Waals surface area contributed by atoms with E-state index in [9.17, 15) is 0 Å². The Morgan fingerprint density at radius 1 is 1.05 bits per heavy atom. The predicted molar refractivity (Wildman–Crippen MR) is 86.6 cm³/mol. The quantitative estimate of drug-likeness (QED) is 0.728. The summed E-state index contributed by atoms with van der Waals surface area (Å²) < 4.78 is 0. The van der Waals surface area contributed by atoms with Crippen LogP contribution in [0.3, 0.4) is 0 Å². The highest BCUT2D eigenvalue weighted by molar-refractivity contribution is 5.47. The average molecular weight is 279 g/mol. The molecule has 5 nitrogen and oxygen atoms in total. The molecule has 1 rings (SSSR count). The van der Waals surface area contributed by atoms with Crippen LogP contribution in [-0.2, 0) is 0 Å². The Hall–Kier alpha value is -1.36. The second-order valence-electron chi connectivity index (χ2n) is 5.14. The van der Waals surface area contributed by atoms with Gasteiger partial charge in [0.2, 0.25) is 0 Å². The number of nitrogens with one attached hydrogen (secondary N) is 2. The summed E-state index contributed by atoms with van der Waals surface area (Å²) in [5.74, 6) is 3.02. The van der Waals surface area contributed by atoms with Crippen LogP contribution in [0.1, 0.15) is 46.4 Å². The molecule has 0 aliphatic rings. The highest BCUT2D eigenvalue weighted by Crippen LogP contribution is 2.16. The fourth-order valence-corrected chi connectivity index (χ4v) is 1.97. The largest absolute Gasteiger partial charge is 0.370 e. The lowest BCUT2D eigenvalue weighted by Crippen LogP contribution is -2.28. The molecule has 5 heteroatoms. The van der Waals surface area contributed by atoms with Gasteiger partial charge in [0.25, 0.3) is 0 Å². The normalized spacial score (nSPS) is 11.2. The first kappa shape index (κ1) is 16.7. The number of nitrogens with zero attached hydrogens (tertiary/aromatic N) is 3. The monoisotopic (exact) mass is 279 g/mol. The van der Waals surface area contributed by atoms with E-state index in [0.29, 0.717) is 5.92 Å². The summed E-state index contributed by atoms with van der Waals surface area (Å²) in [6.07, 6.45) is 0. The molecule has 0 radical (unpaired) electrons. The van der Waals surface area contributed by atoms with Crippen LogP contribution in [0.15, 0.2) is 6.07 Å². The zero-order valence-corrected chi connectivity index (χ0v) is 13.5. The molecular formula is C15H29N5. The Balaban J connectivity index is 2.68. The fraction of sp³-hybridized carbons (Fsp3) is 0.733. The lowest BCUT2D eigenvalue weighted by atomic mass is 10.2. The topological polar surface area (TPSA) is 53.1 Å². The summed E-state index contributed by atoms with van der Waals surface area (Å²) in [7, 11) is 0. The van der Waals surface area contributed by atoms with Crippen molar-refractivity contribution in [2.75, 3.05) is 43.4 Å². The molecule has 0 aromatic carbocycles. The molecule has 0 saturated carbocycles. The number of aromatic nitrogens is 2. The maximum atomic E-state index is 4.58. The van der Waals surface area contributed by atoms with Gasteiger partial charge < -0.3 is 15.5 Å². The highest BCUT2D eigenvalue weighted by atomic mass is 15.1. The maximum absolute atomic E-state index is 4.58. The number of hydrogen-bond acceptors (Lipinski definition) is 5. The van der Waals surface area contributed by atoms with Crippen LogP contribution >= 0.6 is 0 Å². The summed E-state index contributed by atoms with van der Waals surface area (Å²) in [6, 6.07) is 1.98. The number of likely N-dealkylation sites (N-methyl/N-ethyl adjacent to an activating group) is 1. The minimum absolute atomic E-state index is 0.330. The van der Waals surface area contributed by atoms with Gasteiger partial charge in [-0.3, -0.25) is 0 Å². The third kappa shape index (κ3) is 5.33. The number of rotatable bonds is 9. The first-order valence-corrected chi connectivity index (χ1v) is 7.69. The first-order valence-electron chi connectivity index (χ1n) is 7.69. The van der Waals surface area contributed by atoms with Crippen LogP contribution in [-0.4, -0.2) is 47.6 Å². The van der Waals surface area contributed by atoms with E-state index < -0.39 is 0 Å². The van der Waals surface area contributed by atoms with Crippen LogP contribution in [0.4, 0.5) is 11.6 Å². The van der Waals surface area contributed by atoms with E-state index in [1.807, 2.05) is 6.07 Å². The molecule has 1 heterocycles. The molecule has 0 unspecified atom stereocenters. The highest BCUT2D eigenvalue weighted by Gasteiger charge is 2.08. The van der Waals surface area contributed by atoms with Gasteiger partial charge in [0.05, 0.1) is 0 Å². The minimum Gasteiger partial charge on any atom is -0.370 e. The third-order valence-electron chi connectivity index (χ3n) is 3.25. The third-order valence-corrected chi connectivity index (χ3v) is 3.25. The average Bonchev–Trinajstić information content (AvgIpc) is 2.44. The molecule has 0 amide bonds. The van der Waals surface area contributed by atoms with E-state index in [2.05, 4.69) is 60.1 Å². The molecule has 0 bridgehead atoms. The van der Waals surface area contributed by atoms with Crippen molar-refractivity contribution in [1.82, 2.24) is 14.9 Å². The van der Waals surface area contributed by atoms with Gasteiger partial charge in [0.15, 0.2) is 0 Å². The predicted octanol–water partition coefficient (Wildman–Crippen LogP) is 2.79. The standard InChI is InChI=1S/C15H29N5/c1-6-16-13-11-14(19-15(18-13)12(4)5)17-9-10-20(7-2)8-3/h11-12H,6-10H2,1-5H3,(H2,16,17,18,19). The Morgan fingerprint density at radius 2 is 1.65 bits per heavy atom. The molecule has 114 valence electrons. The molecular weight excluding hydrogens is 250 g/mol. The van der Waals surface area contributed by atoms with E-state index in [-0.39, 0.29) is 0 Å². The fourth-order valence-electron chi connectivity index (χ4n) is 1.97. The molecule has 1 aromatic rings. The molecule has 1 aromatic heterocycles. The van der Waals surface area contributed by atoms with E-state index in [1.54, 1.807) is 0 Å². The number of hydrogen-bond donors (Lipinski definition) is 2. The summed E-state index contributed by atoms with van der Waals surface area (Å²) in [5, 5.41) is 6.67. The van der Waals surface area contributed by atoms with Crippen molar-refractivity contribution in [2.45, 2.75) is 40.5 Å². The molecule has 0 aliphatic carbocycles. The Labute approximate surface area is 123 Å². The molecule has 0 fully saturated rings. The van der Waals surface area contributed by atoms with Crippen LogP contribution < -0.4 is 10.6 Å². The van der Waals surface area contributed by atoms with Crippen molar-refractivity contribution in [3.8, 4) is 0 Å². The van der Waals surface area contributed by atoms with E-state index >= 15 is 0 Å². The van der Waals surface area contributed by atoms with Gasteiger partial charge in [-0.1, -0.05) is 27.7 Å². The van der Waals surface area contributed by atoms with Gasteiger partial charge in [0.1, 0.15) is 17.5 Å².